The smallest absolute Gasteiger partial charge is 0.244 e. The number of methoxy groups -OCH3 is 1. The van der Waals surface area contributed by atoms with Gasteiger partial charge >= 0.3 is 0 Å². The van der Waals surface area contributed by atoms with Crippen LogP contribution in [0.15, 0.2) is 22.7 Å². The normalized spacial score (nSPS) is 13.8. The van der Waals surface area contributed by atoms with Crippen LogP contribution in [-0.4, -0.2) is 18.6 Å². The Morgan fingerprint density at radius 2 is 2.22 bits per heavy atom. The summed E-state index contributed by atoms with van der Waals surface area (Å²) in [6.45, 7) is 3.73. The van der Waals surface area contributed by atoms with E-state index >= 15 is 0 Å². The van der Waals surface area contributed by atoms with Crippen molar-refractivity contribution in [3.63, 3.8) is 0 Å². The first-order chi connectivity index (χ1) is 8.40. The third-order valence-corrected chi connectivity index (χ3v) is 3.19. The molecule has 0 saturated carbocycles. The van der Waals surface area contributed by atoms with Crippen molar-refractivity contribution in [3.05, 3.63) is 22.7 Å². The molecule has 5 heteroatoms. The van der Waals surface area contributed by atoms with Gasteiger partial charge in [0.15, 0.2) is 0 Å². The Bertz CT molecular complexity index is 433. The highest BCUT2D eigenvalue weighted by Crippen LogP contribution is 2.28. The van der Waals surface area contributed by atoms with Crippen LogP contribution in [0.4, 0.5) is 5.69 Å². The van der Waals surface area contributed by atoms with Crippen LogP contribution in [0.2, 0.25) is 0 Å². The highest BCUT2D eigenvalue weighted by atomic mass is 79.9. The van der Waals surface area contributed by atoms with Gasteiger partial charge in [-0.15, -0.1) is 0 Å². The molecule has 100 valence electrons. The van der Waals surface area contributed by atoms with E-state index in [1.807, 2.05) is 13.0 Å². The van der Waals surface area contributed by atoms with Gasteiger partial charge in [0.05, 0.1) is 18.3 Å². The summed E-state index contributed by atoms with van der Waals surface area (Å²) in [4.78, 5) is 12.1. The fourth-order valence-corrected chi connectivity index (χ4v) is 2.04. The minimum Gasteiger partial charge on any atom is -0.495 e. The van der Waals surface area contributed by atoms with Gasteiger partial charge in [-0.05, 0) is 31.5 Å². The van der Waals surface area contributed by atoms with E-state index in [0.717, 1.165) is 10.9 Å². The van der Waals surface area contributed by atoms with Gasteiger partial charge in [-0.1, -0.05) is 29.3 Å². The molecule has 0 saturated heterocycles. The van der Waals surface area contributed by atoms with Crippen LogP contribution >= 0.6 is 15.9 Å². The molecule has 0 aliphatic heterocycles. The topological polar surface area (TPSA) is 64.4 Å². The lowest BCUT2D eigenvalue weighted by atomic mass is 9.96. The molecule has 1 amide bonds. The van der Waals surface area contributed by atoms with E-state index < -0.39 is 5.54 Å². The van der Waals surface area contributed by atoms with Crippen molar-refractivity contribution in [1.29, 1.82) is 0 Å². The minimum atomic E-state index is -0.873. The van der Waals surface area contributed by atoms with Crippen molar-refractivity contribution in [1.82, 2.24) is 0 Å². The van der Waals surface area contributed by atoms with Gasteiger partial charge in [-0.2, -0.15) is 0 Å². The third-order valence-electron chi connectivity index (χ3n) is 2.70. The predicted octanol–water partition coefficient (Wildman–Crippen LogP) is 2.91. The third kappa shape index (κ3) is 3.71. The summed E-state index contributed by atoms with van der Waals surface area (Å²) in [5.74, 6) is 0.402. The maximum absolute atomic E-state index is 12.1. The molecule has 1 unspecified atom stereocenters. The molecule has 0 bridgehead atoms. The summed E-state index contributed by atoms with van der Waals surface area (Å²) in [6.07, 6.45) is 1.49. The Labute approximate surface area is 116 Å². The number of halogens is 1. The van der Waals surface area contributed by atoms with E-state index in [-0.39, 0.29) is 5.91 Å². The quantitative estimate of drug-likeness (QED) is 0.878. The molecular weight excluding hydrogens is 296 g/mol. The summed E-state index contributed by atoms with van der Waals surface area (Å²) >= 11 is 3.36. The molecule has 0 spiro atoms. The fraction of sp³-hybridized carbons (Fsp3) is 0.462. The second-order valence-corrected chi connectivity index (χ2v) is 5.38. The average molecular weight is 315 g/mol. The zero-order valence-electron chi connectivity index (χ0n) is 10.9. The van der Waals surface area contributed by atoms with Crippen molar-refractivity contribution in [3.8, 4) is 5.75 Å². The maximum Gasteiger partial charge on any atom is 0.244 e. The lowest BCUT2D eigenvalue weighted by Gasteiger charge is -2.23. The monoisotopic (exact) mass is 314 g/mol. The predicted molar refractivity (Wildman–Crippen MR) is 76.8 cm³/mol. The first kappa shape index (κ1) is 15.0. The molecule has 0 aromatic heterocycles. The standard InChI is InChI=1S/C13H19BrN2O2/c1-4-7-13(2,15)12(17)16-10-8-9(14)5-6-11(10)18-3/h5-6,8H,4,7,15H2,1-3H3,(H,16,17). The Morgan fingerprint density at radius 3 is 2.78 bits per heavy atom. The van der Waals surface area contributed by atoms with Crippen LogP contribution in [0.3, 0.4) is 0 Å². The van der Waals surface area contributed by atoms with Crippen molar-refractivity contribution in [2.45, 2.75) is 32.2 Å². The lowest BCUT2D eigenvalue weighted by Crippen LogP contribution is -2.48. The molecule has 1 aromatic carbocycles. The highest BCUT2D eigenvalue weighted by Gasteiger charge is 2.27. The van der Waals surface area contributed by atoms with Gasteiger partial charge in [0.25, 0.3) is 0 Å². The number of carbonyl (C=O) groups is 1. The van der Waals surface area contributed by atoms with Crippen LogP contribution in [0.5, 0.6) is 5.75 Å². The average Bonchev–Trinajstić information content (AvgIpc) is 2.29. The number of anilines is 1. The van der Waals surface area contributed by atoms with E-state index in [1.165, 1.54) is 0 Å². The molecule has 18 heavy (non-hydrogen) atoms. The minimum absolute atomic E-state index is 0.208. The van der Waals surface area contributed by atoms with Crippen LogP contribution in [0.25, 0.3) is 0 Å². The summed E-state index contributed by atoms with van der Waals surface area (Å²) < 4.78 is 6.07. The fourth-order valence-electron chi connectivity index (χ4n) is 1.68. The summed E-state index contributed by atoms with van der Waals surface area (Å²) in [5.41, 5.74) is 5.73. The molecule has 1 aromatic rings. The lowest BCUT2D eigenvalue weighted by molar-refractivity contribution is -0.120. The van der Waals surface area contributed by atoms with Gasteiger partial charge in [-0.25, -0.2) is 0 Å². The van der Waals surface area contributed by atoms with Crippen LogP contribution in [-0.2, 0) is 4.79 Å². The molecule has 0 aliphatic carbocycles. The zero-order chi connectivity index (χ0) is 13.8. The summed E-state index contributed by atoms with van der Waals surface area (Å²) in [6, 6.07) is 5.42. The van der Waals surface area contributed by atoms with Crippen molar-refractivity contribution in [2.75, 3.05) is 12.4 Å². The second kappa shape index (κ2) is 6.20. The Morgan fingerprint density at radius 1 is 1.56 bits per heavy atom. The Hall–Kier alpha value is -1.07. The Kier molecular flexibility index (Phi) is 5.16. The van der Waals surface area contributed by atoms with Crippen LogP contribution < -0.4 is 15.8 Å². The zero-order valence-corrected chi connectivity index (χ0v) is 12.5. The van der Waals surface area contributed by atoms with Crippen molar-refractivity contribution >= 4 is 27.5 Å². The van der Waals surface area contributed by atoms with E-state index in [1.54, 1.807) is 26.2 Å². The van der Waals surface area contributed by atoms with Gasteiger partial charge in [0, 0.05) is 4.47 Å². The van der Waals surface area contributed by atoms with Gasteiger partial charge < -0.3 is 15.8 Å². The van der Waals surface area contributed by atoms with Gasteiger partial charge in [-0.3, -0.25) is 4.79 Å². The molecule has 0 aliphatic rings. The molecule has 1 rings (SSSR count). The molecule has 0 fully saturated rings. The van der Waals surface area contributed by atoms with E-state index in [2.05, 4.69) is 21.2 Å². The number of benzene rings is 1. The Balaban J connectivity index is 2.90. The molecule has 0 heterocycles. The number of carbonyl (C=O) groups excluding carboxylic acids is 1. The molecule has 4 nitrogen and oxygen atoms in total. The van der Waals surface area contributed by atoms with E-state index in [4.69, 9.17) is 10.5 Å². The second-order valence-electron chi connectivity index (χ2n) is 4.47. The first-order valence-electron chi connectivity index (χ1n) is 5.84. The van der Waals surface area contributed by atoms with Gasteiger partial charge in [0.2, 0.25) is 5.91 Å². The largest absolute Gasteiger partial charge is 0.495 e. The molecule has 1 atom stereocenters. The summed E-state index contributed by atoms with van der Waals surface area (Å²) in [7, 11) is 1.56. The number of hydrogen-bond acceptors (Lipinski definition) is 3. The maximum atomic E-state index is 12.1. The number of nitrogens with two attached hydrogens (primary N) is 1. The number of hydrogen-bond donors (Lipinski definition) is 2. The van der Waals surface area contributed by atoms with Crippen molar-refractivity contribution in [2.24, 2.45) is 5.73 Å². The number of rotatable bonds is 5. The van der Waals surface area contributed by atoms with Crippen molar-refractivity contribution < 1.29 is 9.53 Å². The van der Waals surface area contributed by atoms with Crippen LogP contribution in [0.1, 0.15) is 26.7 Å². The number of amides is 1. The number of nitrogens with one attached hydrogen (secondary N) is 1. The number of ether oxygens (including phenoxy) is 1. The molecular formula is C13H19BrN2O2. The van der Waals surface area contributed by atoms with Crippen LogP contribution in [0, 0.1) is 0 Å². The first-order valence-corrected chi connectivity index (χ1v) is 6.64. The van der Waals surface area contributed by atoms with Gasteiger partial charge in [0.1, 0.15) is 5.75 Å². The van der Waals surface area contributed by atoms with E-state index in [0.29, 0.717) is 17.9 Å². The summed E-state index contributed by atoms with van der Waals surface area (Å²) in [5, 5.41) is 2.81. The molecule has 0 radical (unpaired) electrons. The SMILES string of the molecule is CCCC(C)(N)C(=O)Nc1cc(Br)ccc1OC. The highest BCUT2D eigenvalue weighted by molar-refractivity contribution is 9.10. The molecule has 3 N–H and O–H groups in total. The van der Waals surface area contributed by atoms with E-state index in [9.17, 15) is 4.79 Å².